The molecule has 1 aromatic heterocycles. The summed E-state index contributed by atoms with van der Waals surface area (Å²) in [5, 5.41) is 0. The van der Waals surface area contributed by atoms with Gasteiger partial charge in [0.2, 0.25) is 40.8 Å². The molecular weight excluding hydrogens is 445 g/mol. The van der Waals surface area contributed by atoms with Gasteiger partial charge in [0.25, 0.3) is 0 Å². The topological polar surface area (TPSA) is 47.4 Å². The molecule has 3 aromatic rings. The number of halogens is 5. The van der Waals surface area contributed by atoms with Gasteiger partial charge in [0.1, 0.15) is 0 Å². The van der Waals surface area contributed by atoms with E-state index in [4.69, 9.17) is 0 Å². The number of nitrogens with zero attached hydrogens (tertiary/aromatic N) is 3. The Morgan fingerprint density at radius 1 is 0.879 bits per heavy atom. The van der Waals surface area contributed by atoms with E-state index in [9.17, 15) is 26.7 Å². The zero-order valence-corrected chi connectivity index (χ0v) is 18.3. The van der Waals surface area contributed by atoms with Crippen LogP contribution in [0.2, 0.25) is 0 Å². The van der Waals surface area contributed by atoms with Gasteiger partial charge in [-0.1, -0.05) is 17.7 Å². The first kappa shape index (κ1) is 22.8. The van der Waals surface area contributed by atoms with Crippen LogP contribution < -0.4 is 9.64 Å². The Balaban J connectivity index is 1.77. The molecule has 33 heavy (non-hydrogen) atoms. The number of ether oxygens (including phenoxy) is 1. The van der Waals surface area contributed by atoms with Crippen LogP contribution in [0.4, 0.5) is 33.6 Å². The van der Waals surface area contributed by atoms with Crippen molar-refractivity contribution < 1.29 is 31.5 Å². The largest absolute Gasteiger partial charge is 0.415 e. The first-order valence-corrected chi connectivity index (χ1v) is 10.2. The van der Waals surface area contributed by atoms with Crippen LogP contribution in [0, 0.1) is 56.8 Å². The lowest BCUT2D eigenvalue weighted by Crippen LogP contribution is -2.31. The molecule has 0 spiro atoms. The molecule has 10 heteroatoms. The minimum atomic E-state index is -2.33. The first-order valence-electron chi connectivity index (χ1n) is 10.2. The number of benzene rings is 2. The lowest BCUT2D eigenvalue weighted by Gasteiger charge is -2.32. The third-order valence-corrected chi connectivity index (χ3v) is 5.59. The zero-order chi connectivity index (χ0) is 24.2. The second-order valence-electron chi connectivity index (χ2n) is 8.04. The van der Waals surface area contributed by atoms with E-state index in [0.717, 1.165) is 22.4 Å². The third kappa shape index (κ3) is 3.63. The highest BCUT2D eigenvalue weighted by Gasteiger charge is 2.33. The summed E-state index contributed by atoms with van der Waals surface area (Å²) in [5.74, 6) is -13.6. The van der Waals surface area contributed by atoms with Crippen molar-refractivity contribution in [1.82, 2.24) is 9.55 Å². The second kappa shape index (κ2) is 8.17. The Hall–Kier alpha value is -3.43. The fraction of sp³-hybridized carbons (Fsp3) is 0.304. The molecule has 0 saturated heterocycles. The number of hydrogen-bond acceptors (Lipinski definition) is 4. The molecule has 4 rings (SSSR count). The van der Waals surface area contributed by atoms with Crippen LogP contribution in [0.25, 0.3) is 0 Å². The van der Waals surface area contributed by atoms with Crippen molar-refractivity contribution in [3.8, 4) is 5.75 Å². The Bertz CT molecular complexity index is 1250. The van der Waals surface area contributed by atoms with E-state index in [0.29, 0.717) is 25.5 Å². The molecule has 0 bridgehead atoms. The summed E-state index contributed by atoms with van der Waals surface area (Å²) in [7, 11) is 0. The van der Waals surface area contributed by atoms with Crippen molar-refractivity contribution in [2.24, 2.45) is 0 Å². The molecule has 0 atom stereocenters. The molecular formula is C23H20F5N3O2. The molecule has 0 saturated carbocycles. The van der Waals surface area contributed by atoms with Crippen LogP contribution in [-0.4, -0.2) is 22.1 Å². The van der Waals surface area contributed by atoms with Gasteiger partial charge in [0.15, 0.2) is 5.69 Å². The summed E-state index contributed by atoms with van der Waals surface area (Å²) < 4.78 is 74.6. The van der Waals surface area contributed by atoms with Crippen LogP contribution >= 0.6 is 0 Å². The first-order chi connectivity index (χ1) is 15.5. The van der Waals surface area contributed by atoms with Gasteiger partial charge < -0.3 is 14.2 Å². The number of imidazole rings is 1. The van der Waals surface area contributed by atoms with Gasteiger partial charge in [-0.2, -0.15) is 8.78 Å². The van der Waals surface area contributed by atoms with Gasteiger partial charge in [-0.3, -0.25) is 0 Å². The number of rotatable bonds is 3. The van der Waals surface area contributed by atoms with Crippen LogP contribution in [0.15, 0.2) is 12.1 Å². The van der Waals surface area contributed by atoms with Crippen molar-refractivity contribution in [2.75, 3.05) is 11.4 Å². The summed E-state index contributed by atoms with van der Waals surface area (Å²) in [5.41, 5.74) is 4.11. The standard InChI is InChI=1S/C23H20F5N3O2/c1-10-8-11(2)19(12(3)9-10)30-6-5-7-31-20(13(4)29-23(30)31)22(32)33-21-17(27)15(25)14(24)16(26)18(21)28/h8-9H,5-7H2,1-4H3. The number of aromatic nitrogens is 2. The van der Waals surface area contributed by atoms with Crippen molar-refractivity contribution >= 4 is 17.6 Å². The average molecular weight is 465 g/mol. The Morgan fingerprint density at radius 3 is 2.00 bits per heavy atom. The molecule has 1 aliphatic rings. The number of esters is 1. The van der Waals surface area contributed by atoms with Crippen molar-refractivity contribution in [3.05, 3.63) is 69.3 Å². The summed E-state index contributed by atoms with van der Waals surface area (Å²) >= 11 is 0. The Kier molecular flexibility index (Phi) is 5.63. The molecule has 1 aliphatic heterocycles. The highest BCUT2D eigenvalue weighted by Crippen LogP contribution is 2.36. The summed E-state index contributed by atoms with van der Waals surface area (Å²) in [6, 6.07) is 4.05. The van der Waals surface area contributed by atoms with Crippen LogP contribution in [0.1, 0.15) is 39.3 Å². The number of fused-ring (bicyclic) bond motifs is 1. The average Bonchev–Trinajstić information content (AvgIpc) is 3.10. The minimum absolute atomic E-state index is 0.124. The van der Waals surface area contributed by atoms with Gasteiger partial charge in [-0.15, -0.1) is 0 Å². The highest BCUT2D eigenvalue weighted by atomic mass is 19.2. The lowest BCUT2D eigenvalue weighted by molar-refractivity contribution is 0.0703. The van der Waals surface area contributed by atoms with E-state index < -0.39 is 40.8 Å². The summed E-state index contributed by atoms with van der Waals surface area (Å²) in [6.45, 7) is 8.39. The lowest BCUT2D eigenvalue weighted by atomic mass is 10.0. The van der Waals surface area contributed by atoms with E-state index in [2.05, 4.69) is 9.72 Å². The van der Waals surface area contributed by atoms with Crippen LogP contribution in [0.3, 0.4) is 0 Å². The molecule has 0 unspecified atom stereocenters. The maximum Gasteiger partial charge on any atom is 0.362 e. The van der Waals surface area contributed by atoms with Crippen molar-refractivity contribution in [2.45, 2.75) is 40.7 Å². The van der Waals surface area contributed by atoms with Crippen molar-refractivity contribution in [1.29, 1.82) is 0 Å². The normalized spacial score (nSPS) is 13.3. The number of aryl methyl sites for hydroxylation is 4. The summed E-state index contributed by atoms with van der Waals surface area (Å²) in [4.78, 5) is 19.2. The van der Waals surface area contributed by atoms with E-state index >= 15 is 0 Å². The van der Waals surface area contributed by atoms with Crippen LogP contribution in [0.5, 0.6) is 5.75 Å². The molecule has 2 aromatic carbocycles. The second-order valence-corrected chi connectivity index (χ2v) is 8.04. The van der Waals surface area contributed by atoms with E-state index in [1.54, 1.807) is 0 Å². The van der Waals surface area contributed by atoms with Gasteiger partial charge in [-0.25, -0.2) is 22.9 Å². The number of carbonyl (C=O) groups excluding carboxylic acids is 1. The number of carbonyl (C=O) groups is 1. The Morgan fingerprint density at radius 2 is 1.42 bits per heavy atom. The smallest absolute Gasteiger partial charge is 0.362 e. The van der Waals surface area contributed by atoms with Gasteiger partial charge in [0, 0.05) is 18.8 Å². The van der Waals surface area contributed by atoms with Gasteiger partial charge in [0.05, 0.1) is 5.69 Å². The zero-order valence-electron chi connectivity index (χ0n) is 18.3. The van der Waals surface area contributed by atoms with E-state index in [1.807, 2.05) is 37.8 Å². The SMILES string of the molecule is Cc1cc(C)c(N2CCCn3c2nc(C)c3C(=O)Oc2c(F)c(F)c(F)c(F)c2F)c(C)c1. The third-order valence-electron chi connectivity index (χ3n) is 5.59. The minimum Gasteiger partial charge on any atom is -0.415 e. The monoisotopic (exact) mass is 465 g/mol. The number of hydrogen-bond donors (Lipinski definition) is 0. The fourth-order valence-corrected chi connectivity index (χ4v) is 4.35. The molecule has 0 fully saturated rings. The molecule has 2 heterocycles. The van der Waals surface area contributed by atoms with Crippen LogP contribution in [-0.2, 0) is 6.54 Å². The quantitative estimate of drug-likeness (QED) is 0.167. The van der Waals surface area contributed by atoms with Gasteiger partial charge >= 0.3 is 5.97 Å². The maximum absolute atomic E-state index is 14.0. The highest BCUT2D eigenvalue weighted by molar-refractivity contribution is 5.91. The molecule has 5 nitrogen and oxygen atoms in total. The number of anilines is 2. The predicted molar refractivity (Wildman–Crippen MR) is 110 cm³/mol. The fourth-order valence-electron chi connectivity index (χ4n) is 4.35. The predicted octanol–water partition coefficient (Wildman–Crippen LogP) is 5.57. The molecule has 174 valence electrons. The molecule has 0 N–H and O–H groups in total. The maximum atomic E-state index is 14.0. The molecule has 0 aliphatic carbocycles. The molecule has 0 amide bonds. The molecule has 0 radical (unpaired) electrons. The van der Waals surface area contributed by atoms with E-state index in [1.165, 1.54) is 11.5 Å². The van der Waals surface area contributed by atoms with Gasteiger partial charge in [-0.05, 0) is 45.2 Å². The Labute approximate surface area is 186 Å². The van der Waals surface area contributed by atoms with Crippen molar-refractivity contribution in [3.63, 3.8) is 0 Å². The summed E-state index contributed by atoms with van der Waals surface area (Å²) in [6.07, 6.45) is 0.623. The van der Waals surface area contributed by atoms with E-state index in [-0.39, 0.29) is 11.4 Å².